The number of pyridine rings is 1. The highest BCUT2D eigenvalue weighted by Gasteiger charge is 2.45. The van der Waals surface area contributed by atoms with Crippen LogP contribution in [0.3, 0.4) is 0 Å². The van der Waals surface area contributed by atoms with Crippen LogP contribution in [0.15, 0.2) is 24.4 Å². The zero-order valence-corrected chi connectivity index (χ0v) is 22.5. The van der Waals surface area contributed by atoms with Gasteiger partial charge in [-0.25, -0.2) is 0 Å². The molecular formula is C25H41BrN6S. The summed E-state index contributed by atoms with van der Waals surface area (Å²) in [5, 5.41) is 12.2. The summed E-state index contributed by atoms with van der Waals surface area (Å²) in [4.78, 5) is 7.96. The number of nitrogens with zero attached hydrogens (tertiary/aromatic N) is 2. The van der Waals surface area contributed by atoms with Crippen LogP contribution in [0.1, 0.15) is 76.9 Å². The van der Waals surface area contributed by atoms with Crippen molar-refractivity contribution in [1.29, 1.82) is 0 Å². The van der Waals surface area contributed by atoms with Crippen molar-refractivity contribution < 1.29 is 0 Å². The molecule has 4 aliphatic heterocycles. The van der Waals surface area contributed by atoms with E-state index in [1.165, 1.54) is 57.2 Å². The lowest BCUT2D eigenvalue weighted by Crippen LogP contribution is -2.60. The van der Waals surface area contributed by atoms with Crippen molar-refractivity contribution in [1.82, 2.24) is 30.6 Å². The van der Waals surface area contributed by atoms with E-state index in [9.17, 15) is 0 Å². The van der Waals surface area contributed by atoms with Crippen LogP contribution >= 0.6 is 27.9 Å². The minimum atomic E-state index is 0.223. The summed E-state index contributed by atoms with van der Waals surface area (Å²) < 4.78 is 3.78. The SMILES string of the molecule is CC1(C)C[C@@H]2CC[C@H](c3ccccn3)NC3CCCC(N3)SNCC3CCC(Br)NC3N1C2. The Bertz CT molecular complexity index is 767. The van der Waals surface area contributed by atoms with Gasteiger partial charge >= 0.3 is 0 Å². The maximum atomic E-state index is 4.74. The van der Waals surface area contributed by atoms with Crippen LogP contribution in [0.5, 0.6) is 0 Å². The topological polar surface area (TPSA) is 64.2 Å². The molecule has 1 aromatic rings. The van der Waals surface area contributed by atoms with Crippen LogP contribution in [-0.4, -0.2) is 51.2 Å². The van der Waals surface area contributed by atoms with Crippen LogP contribution in [0.2, 0.25) is 0 Å². The van der Waals surface area contributed by atoms with Crippen LogP contribution in [-0.2, 0) is 0 Å². The smallest absolute Gasteiger partial charge is 0.0690 e. The molecule has 8 heteroatoms. The van der Waals surface area contributed by atoms with Crippen LogP contribution < -0.4 is 20.7 Å². The second kappa shape index (κ2) is 10.8. The predicted molar refractivity (Wildman–Crippen MR) is 141 cm³/mol. The summed E-state index contributed by atoms with van der Waals surface area (Å²) >= 11 is 5.79. The van der Waals surface area contributed by atoms with Gasteiger partial charge in [-0.15, -0.1) is 0 Å². The molecule has 33 heavy (non-hydrogen) atoms. The third kappa shape index (κ3) is 5.96. The van der Waals surface area contributed by atoms with E-state index in [1.54, 1.807) is 0 Å². The molecule has 184 valence electrons. The number of hydrogen-bond donors (Lipinski definition) is 4. The van der Waals surface area contributed by atoms with Crippen molar-refractivity contribution >= 4 is 27.9 Å². The quantitative estimate of drug-likeness (QED) is 0.242. The maximum absolute atomic E-state index is 4.74. The highest BCUT2D eigenvalue weighted by molar-refractivity contribution is 9.09. The largest absolute Gasteiger partial charge is 0.293 e. The molecule has 0 saturated carbocycles. The zero-order valence-electron chi connectivity index (χ0n) is 20.1. The van der Waals surface area contributed by atoms with E-state index in [1.807, 2.05) is 24.2 Å². The van der Waals surface area contributed by atoms with Crippen molar-refractivity contribution in [2.75, 3.05) is 13.1 Å². The number of fused-ring (bicyclic) bond motifs is 6. The molecule has 5 heterocycles. The molecule has 8 atom stereocenters. The van der Waals surface area contributed by atoms with Crippen molar-refractivity contribution in [3.63, 3.8) is 0 Å². The Balaban J connectivity index is 1.38. The lowest BCUT2D eigenvalue weighted by Gasteiger charge is -2.46. The average molecular weight is 538 g/mol. The molecule has 5 rings (SSSR count). The van der Waals surface area contributed by atoms with Gasteiger partial charge in [0, 0.05) is 30.7 Å². The van der Waals surface area contributed by atoms with Gasteiger partial charge in [0.1, 0.15) is 0 Å². The first-order chi connectivity index (χ1) is 16.0. The Morgan fingerprint density at radius 1 is 1.06 bits per heavy atom. The fraction of sp³-hybridized carbons (Fsp3) is 0.800. The molecule has 4 aliphatic rings. The Labute approximate surface area is 212 Å². The number of nitrogens with one attached hydrogen (secondary N) is 4. The minimum Gasteiger partial charge on any atom is -0.293 e. The fourth-order valence-corrected chi connectivity index (χ4v) is 8.06. The van der Waals surface area contributed by atoms with Crippen LogP contribution in [0, 0.1) is 11.8 Å². The van der Waals surface area contributed by atoms with Crippen molar-refractivity contribution in [3.05, 3.63) is 30.1 Å². The van der Waals surface area contributed by atoms with Crippen LogP contribution in [0.25, 0.3) is 0 Å². The monoisotopic (exact) mass is 536 g/mol. The normalized spacial score (nSPS) is 42.0. The van der Waals surface area contributed by atoms with E-state index in [-0.39, 0.29) is 5.54 Å². The number of halogens is 1. The molecule has 6 unspecified atom stereocenters. The number of piperidine rings is 2. The molecule has 0 amide bonds. The van der Waals surface area contributed by atoms with Gasteiger partial charge in [0.25, 0.3) is 0 Å². The average Bonchev–Trinajstić information content (AvgIpc) is 3.11. The third-order valence-electron chi connectivity index (χ3n) is 8.17. The fourth-order valence-electron chi connectivity index (χ4n) is 6.50. The first-order valence-electron chi connectivity index (χ1n) is 13.0. The highest BCUT2D eigenvalue weighted by atomic mass is 79.9. The number of rotatable bonds is 1. The molecule has 0 spiro atoms. The summed E-state index contributed by atoms with van der Waals surface area (Å²) in [6, 6.07) is 6.65. The van der Waals surface area contributed by atoms with Crippen molar-refractivity contribution in [2.24, 2.45) is 11.8 Å². The minimum absolute atomic E-state index is 0.223. The zero-order chi connectivity index (χ0) is 22.8. The summed E-state index contributed by atoms with van der Waals surface area (Å²) in [5.74, 6) is 1.36. The van der Waals surface area contributed by atoms with E-state index >= 15 is 0 Å². The Hall–Kier alpha value is -0.220. The third-order valence-corrected chi connectivity index (χ3v) is 9.89. The van der Waals surface area contributed by atoms with Crippen LogP contribution in [0.4, 0.5) is 0 Å². The molecule has 4 bridgehead atoms. The molecule has 4 fully saturated rings. The Morgan fingerprint density at radius 3 is 2.82 bits per heavy atom. The number of hydrogen-bond acceptors (Lipinski definition) is 7. The molecule has 4 saturated heterocycles. The summed E-state index contributed by atoms with van der Waals surface area (Å²) in [6.45, 7) is 7.16. The highest BCUT2D eigenvalue weighted by Crippen LogP contribution is 2.40. The van der Waals surface area contributed by atoms with Gasteiger partial charge in [0.15, 0.2) is 0 Å². The van der Waals surface area contributed by atoms with E-state index in [0.29, 0.717) is 34.6 Å². The Kier molecular flexibility index (Phi) is 8.02. The maximum Gasteiger partial charge on any atom is 0.0690 e. The van der Waals surface area contributed by atoms with Gasteiger partial charge in [-0.05, 0) is 83.3 Å². The summed E-state index contributed by atoms with van der Waals surface area (Å²) in [7, 11) is 0. The van der Waals surface area contributed by atoms with Gasteiger partial charge in [0.05, 0.1) is 34.4 Å². The molecule has 4 N–H and O–H groups in total. The first kappa shape index (κ1) is 24.5. The van der Waals surface area contributed by atoms with E-state index < -0.39 is 0 Å². The summed E-state index contributed by atoms with van der Waals surface area (Å²) in [6.07, 6.45) is 12.5. The van der Waals surface area contributed by atoms with Gasteiger partial charge < -0.3 is 0 Å². The van der Waals surface area contributed by atoms with E-state index in [4.69, 9.17) is 4.98 Å². The summed E-state index contributed by atoms with van der Waals surface area (Å²) in [5.41, 5.74) is 1.41. The second-order valence-electron chi connectivity index (χ2n) is 11.1. The lowest BCUT2D eigenvalue weighted by atomic mass is 9.90. The molecule has 0 radical (unpaired) electrons. The van der Waals surface area contributed by atoms with Gasteiger partial charge in [0.2, 0.25) is 0 Å². The first-order valence-corrected chi connectivity index (χ1v) is 14.8. The molecule has 1 aromatic heterocycles. The van der Waals surface area contributed by atoms with Crippen molar-refractivity contribution in [3.8, 4) is 0 Å². The van der Waals surface area contributed by atoms with Gasteiger partial charge in [-0.2, -0.15) is 0 Å². The van der Waals surface area contributed by atoms with E-state index in [0.717, 1.165) is 18.9 Å². The van der Waals surface area contributed by atoms with Gasteiger partial charge in [-0.1, -0.05) is 33.9 Å². The Morgan fingerprint density at radius 2 is 1.97 bits per heavy atom. The predicted octanol–water partition coefficient (Wildman–Crippen LogP) is 4.32. The molecular weight excluding hydrogens is 496 g/mol. The molecule has 0 aliphatic carbocycles. The molecule has 0 aromatic carbocycles. The lowest BCUT2D eigenvalue weighted by molar-refractivity contribution is 0.0343. The second-order valence-corrected chi connectivity index (χ2v) is 13.3. The standard InChI is InChI=1S/C25H41BrN6S/c1-25(2)14-17-9-11-20(19-6-3-4-13-27-19)29-22-7-5-8-23(31-22)33-28-15-18-10-12-21(26)30-24(18)32(25)16-17/h3-4,6,13,17-18,20-24,28-31H,5,7-12,14-16H2,1-2H3/t17-,18?,20+,21?,22?,23?,24?/m0/s1. The molecule has 6 nitrogen and oxygen atoms in total. The van der Waals surface area contributed by atoms with Crippen molar-refractivity contribution in [2.45, 2.75) is 99.5 Å². The van der Waals surface area contributed by atoms with Gasteiger partial charge in [-0.3, -0.25) is 30.6 Å². The number of alkyl halides is 1. The number of aromatic nitrogens is 1. The van der Waals surface area contributed by atoms with E-state index in [2.05, 4.69) is 67.5 Å².